The van der Waals surface area contributed by atoms with Crippen LogP contribution in [0.1, 0.15) is 37.8 Å². The van der Waals surface area contributed by atoms with Gasteiger partial charge in [0.25, 0.3) is 0 Å². The number of benzene rings is 1. The van der Waals surface area contributed by atoms with Crippen LogP contribution in [-0.2, 0) is 12.0 Å². The molecule has 1 aromatic heterocycles. The van der Waals surface area contributed by atoms with Gasteiger partial charge in [-0.15, -0.1) is 24.0 Å². The van der Waals surface area contributed by atoms with Crippen molar-refractivity contribution in [2.75, 3.05) is 19.7 Å². The summed E-state index contributed by atoms with van der Waals surface area (Å²) < 4.78 is 5.46. The van der Waals surface area contributed by atoms with Crippen molar-refractivity contribution in [1.82, 2.24) is 15.6 Å². The second-order valence-corrected chi connectivity index (χ2v) is 6.63. The van der Waals surface area contributed by atoms with Crippen molar-refractivity contribution in [2.45, 2.75) is 38.6 Å². The van der Waals surface area contributed by atoms with Crippen molar-refractivity contribution in [3.05, 3.63) is 59.8 Å². The molecule has 1 fully saturated rings. The van der Waals surface area contributed by atoms with Gasteiger partial charge in [0.05, 0.1) is 13.2 Å². The van der Waals surface area contributed by atoms with Crippen LogP contribution in [0.2, 0.25) is 0 Å². The molecule has 1 saturated carbocycles. The predicted octanol–water partition coefficient (Wildman–Crippen LogP) is 3.89. The summed E-state index contributed by atoms with van der Waals surface area (Å²) in [6.45, 7) is 7.00. The summed E-state index contributed by atoms with van der Waals surface area (Å²) in [6.07, 6.45) is 4.22. The fourth-order valence-corrected chi connectivity index (χ4v) is 3.05. The number of nitrogens with one attached hydrogen (secondary N) is 2. The van der Waals surface area contributed by atoms with Gasteiger partial charge in [0.15, 0.2) is 5.96 Å². The molecule has 1 aliphatic rings. The van der Waals surface area contributed by atoms with Crippen molar-refractivity contribution >= 4 is 29.9 Å². The topological polar surface area (TPSA) is 58.5 Å². The molecular weight excluding hydrogens is 451 g/mol. The van der Waals surface area contributed by atoms with E-state index in [2.05, 4.69) is 52.9 Å². The minimum Gasteiger partial charge on any atom is -0.478 e. The quantitative estimate of drug-likeness (QED) is 0.342. The number of rotatable bonds is 8. The average Bonchev–Trinajstić information content (AvgIpc) is 3.47. The number of ether oxygens (including phenoxy) is 1. The SMILES string of the molecule is CCNC(=NCc1ccnc(OCC)c1)NCC1(c2ccccc2)CC1.I. The van der Waals surface area contributed by atoms with E-state index in [4.69, 9.17) is 9.73 Å². The molecule has 0 saturated heterocycles. The van der Waals surface area contributed by atoms with Gasteiger partial charge >= 0.3 is 0 Å². The summed E-state index contributed by atoms with van der Waals surface area (Å²) in [7, 11) is 0. The lowest BCUT2D eigenvalue weighted by atomic mass is 9.96. The van der Waals surface area contributed by atoms with E-state index in [1.807, 2.05) is 19.1 Å². The van der Waals surface area contributed by atoms with Crippen LogP contribution in [-0.4, -0.2) is 30.6 Å². The third kappa shape index (κ3) is 6.09. The number of aliphatic imine (C=N–C) groups is 1. The minimum atomic E-state index is 0. The molecule has 3 rings (SSSR count). The molecule has 5 nitrogen and oxygen atoms in total. The molecule has 1 heterocycles. The van der Waals surface area contributed by atoms with Crippen LogP contribution in [0.5, 0.6) is 5.88 Å². The number of halogens is 1. The first kappa shape index (κ1) is 21.5. The number of hydrogen-bond acceptors (Lipinski definition) is 3. The predicted molar refractivity (Wildman–Crippen MR) is 121 cm³/mol. The Morgan fingerprint density at radius 1 is 1.15 bits per heavy atom. The summed E-state index contributed by atoms with van der Waals surface area (Å²) in [6, 6.07) is 14.7. The van der Waals surface area contributed by atoms with E-state index < -0.39 is 0 Å². The average molecular weight is 480 g/mol. The van der Waals surface area contributed by atoms with E-state index in [9.17, 15) is 0 Å². The molecule has 6 heteroatoms. The van der Waals surface area contributed by atoms with E-state index >= 15 is 0 Å². The lowest BCUT2D eigenvalue weighted by Crippen LogP contribution is -2.41. The van der Waals surface area contributed by atoms with Gasteiger partial charge in [0, 0.05) is 30.8 Å². The second kappa shape index (κ2) is 10.5. The van der Waals surface area contributed by atoms with Crippen molar-refractivity contribution in [1.29, 1.82) is 0 Å². The van der Waals surface area contributed by atoms with Gasteiger partial charge in [-0.25, -0.2) is 9.98 Å². The Labute approximate surface area is 179 Å². The molecule has 0 spiro atoms. The molecule has 2 N–H and O–H groups in total. The van der Waals surface area contributed by atoms with Gasteiger partial charge in [-0.1, -0.05) is 30.3 Å². The highest BCUT2D eigenvalue weighted by atomic mass is 127. The molecule has 0 radical (unpaired) electrons. The number of guanidine groups is 1. The standard InChI is InChI=1S/C21H28N4O.HI/c1-3-22-20(24-15-17-10-13-23-19(14-17)26-4-2)25-16-21(11-12-21)18-8-6-5-7-9-18;/h5-10,13-14H,3-4,11-12,15-16H2,1-2H3,(H2,22,24,25);1H. The van der Waals surface area contributed by atoms with E-state index in [0.717, 1.165) is 24.6 Å². The van der Waals surface area contributed by atoms with Crippen LogP contribution >= 0.6 is 24.0 Å². The second-order valence-electron chi connectivity index (χ2n) is 6.63. The Balaban J connectivity index is 0.00000261. The fourth-order valence-electron chi connectivity index (χ4n) is 3.05. The van der Waals surface area contributed by atoms with Gasteiger partial charge in [0.2, 0.25) is 5.88 Å². The zero-order valence-corrected chi connectivity index (χ0v) is 18.4. The fraction of sp³-hybridized carbons (Fsp3) is 0.429. The molecule has 0 amide bonds. The first-order valence-corrected chi connectivity index (χ1v) is 9.41. The Hall–Kier alpha value is -1.83. The van der Waals surface area contributed by atoms with Gasteiger partial charge in [-0.05, 0) is 43.9 Å². The lowest BCUT2D eigenvalue weighted by Gasteiger charge is -2.19. The molecule has 1 aliphatic carbocycles. The molecule has 0 unspecified atom stereocenters. The van der Waals surface area contributed by atoms with E-state index in [-0.39, 0.29) is 29.4 Å². The molecule has 0 atom stereocenters. The third-order valence-electron chi connectivity index (χ3n) is 4.69. The van der Waals surface area contributed by atoms with Crippen molar-refractivity contribution in [2.24, 2.45) is 4.99 Å². The summed E-state index contributed by atoms with van der Waals surface area (Å²) in [4.78, 5) is 8.92. The number of nitrogens with zero attached hydrogens (tertiary/aromatic N) is 2. The Morgan fingerprint density at radius 3 is 2.59 bits per heavy atom. The van der Waals surface area contributed by atoms with Crippen molar-refractivity contribution < 1.29 is 4.74 Å². The van der Waals surface area contributed by atoms with Crippen molar-refractivity contribution in [3.8, 4) is 5.88 Å². The summed E-state index contributed by atoms with van der Waals surface area (Å²) in [5.74, 6) is 1.50. The van der Waals surface area contributed by atoms with Gasteiger partial charge in [-0.3, -0.25) is 0 Å². The van der Waals surface area contributed by atoms with E-state index in [1.165, 1.54) is 18.4 Å². The van der Waals surface area contributed by atoms with E-state index in [0.29, 0.717) is 19.0 Å². The highest BCUT2D eigenvalue weighted by Crippen LogP contribution is 2.47. The maximum absolute atomic E-state index is 5.46. The summed E-state index contributed by atoms with van der Waals surface area (Å²) >= 11 is 0. The van der Waals surface area contributed by atoms with Crippen LogP contribution in [0.3, 0.4) is 0 Å². The lowest BCUT2D eigenvalue weighted by molar-refractivity contribution is 0.326. The Bertz CT molecular complexity index is 732. The molecule has 0 aliphatic heterocycles. The first-order chi connectivity index (χ1) is 12.8. The van der Waals surface area contributed by atoms with Gasteiger partial charge < -0.3 is 15.4 Å². The molecule has 1 aromatic carbocycles. The largest absolute Gasteiger partial charge is 0.478 e. The number of aromatic nitrogens is 1. The number of hydrogen-bond donors (Lipinski definition) is 2. The maximum atomic E-state index is 5.46. The number of pyridine rings is 1. The first-order valence-electron chi connectivity index (χ1n) is 9.41. The zero-order chi connectivity index (χ0) is 18.2. The van der Waals surface area contributed by atoms with Crippen molar-refractivity contribution in [3.63, 3.8) is 0 Å². The molecular formula is C21H29IN4O. The van der Waals surface area contributed by atoms with Gasteiger partial charge in [0.1, 0.15) is 0 Å². The molecule has 27 heavy (non-hydrogen) atoms. The third-order valence-corrected chi connectivity index (χ3v) is 4.69. The summed E-state index contributed by atoms with van der Waals surface area (Å²) in [5.41, 5.74) is 2.76. The zero-order valence-electron chi connectivity index (χ0n) is 16.1. The molecule has 2 aromatic rings. The monoisotopic (exact) mass is 480 g/mol. The van der Waals surface area contributed by atoms with Crippen LogP contribution in [0.25, 0.3) is 0 Å². The summed E-state index contributed by atoms with van der Waals surface area (Å²) in [5, 5.41) is 6.86. The normalized spacial score (nSPS) is 14.8. The molecule has 146 valence electrons. The van der Waals surface area contributed by atoms with E-state index in [1.54, 1.807) is 6.20 Å². The minimum absolute atomic E-state index is 0. The maximum Gasteiger partial charge on any atom is 0.213 e. The van der Waals surface area contributed by atoms with Crippen LogP contribution in [0, 0.1) is 0 Å². The molecule has 0 bridgehead atoms. The van der Waals surface area contributed by atoms with Crippen LogP contribution in [0.15, 0.2) is 53.7 Å². The van der Waals surface area contributed by atoms with Gasteiger partial charge in [-0.2, -0.15) is 0 Å². The van der Waals surface area contributed by atoms with Crippen LogP contribution < -0.4 is 15.4 Å². The smallest absolute Gasteiger partial charge is 0.213 e. The highest BCUT2D eigenvalue weighted by Gasteiger charge is 2.43. The highest BCUT2D eigenvalue weighted by molar-refractivity contribution is 14.0. The Kier molecular flexibility index (Phi) is 8.34. The van der Waals surface area contributed by atoms with Crippen LogP contribution in [0.4, 0.5) is 0 Å². The Morgan fingerprint density at radius 2 is 1.93 bits per heavy atom.